The molecule has 21 heavy (non-hydrogen) atoms. The fourth-order valence-corrected chi connectivity index (χ4v) is 2.69. The summed E-state index contributed by atoms with van der Waals surface area (Å²) < 4.78 is 11.9. The van der Waals surface area contributed by atoms with E-state index in [0.717, 1.165) is 4.47 Å². The molecule has 0 radical (unpaired) electrons. The van der Waals surface area contributed by atoms with Crippen molar-refractivity contribution in [2.75, 3.05) is 20.2 Å². The predicted octanol–water partition coefficient (Wildman–Crippen LogP) is 2.85. The number of hydrogen-bond donors (Lipinski definition) is 1. The van der Waals surface area contributed by atoms with Gasteiger partial charge in [0, 0.05) is 30.4 Å². The number of rotatable bonds is 3. The Balaban J connectivity index is 2.14. The van der Waals surface area contributed by atoms with Gasteiger partial charge in [-0.1, -0.05) is 15.9 Å². The van der Waals surface area contributed by atoms with Crippen molar-refractivity contribution in [3.8, 4) is 17.6 Å². The van der Waals surface area contributed by atoms with Crippen LogP contribution in [-0.2, 0) is 0 Å². The summed E-state index contributed by atoms with van der Waals surface area (Å²) in [6.07, 6.45) is 0.155. The zero-order valence-electron chi connectivity index (χ0n) is 11.5. The van der Waals surface area contributed by atoms with E-state index in [-0.39, 0.29) is 6.10 Å². The molecule has 1 fully saturated rings. The molecule has 0 atom stereocenters. The van der Waals surface area contributed by atoms with Crippen LogP contribution in [0.3, 0.4) is 0 Å². The molecule has 1 amide bonds. The van der Waals surface area contributed by atoms with Gasteiger partial charge in [-0.05, 0) is 12.1 Å². The first-order chi connectivity index (χ1) is 10.0. The van der Waals surface area contributed by atoms with Crippen molar-refractivity contribution in [3.05, 3.63) is 22.2 Å². The second-order valence-corrected chi connectivity index (χ2v) is 5.60. The quantitative estimate of drug-likeness (QED) is 0.902. The highest BCUT2D eigenvalue weighted by Gasteiger charge is 2.25. The Labute approximate surface area is 131 Å². The normalized spacial score (nSPS) is 15.4. The van der Waals surface area contributed by atoms with Gasteiger partial charge in [0.2, 0.25) is 0 Å². The van der Waals surface area contributed by atoms with Gasteiger partial charge in [-0.2, -0.15) is 5.26 Å². The van der Waals surface area contributed by atoms with E-state index in [1.807, 2.05) is 0 Å². The molecule has 1 aromatic rings. The number of likely N-dealkylation sites (tertiary alicyclic amines) is 1. The van der Waals surface area contributed by atoms with Crippen molar-refractivity contribution in [2.45, 2.75) is 18.9 Å². The van der Waals surface area contributed by atoms with Crippen LogP contribution in [0.5, 0.6) is 11.5 Å². The number of amides is 1. The molecule has 6 nitrogen and oxygen atoms in total. The van der Waals surface area contributed by atoms with Gasteiger partial charge in [0.25, 0.3) is 0 Å². The van der Waals surface area contributed by atoms with Gasteiger partial charge in [0.15, 0.2) is 11.5 Å². The van der Waals surface area contributed by atoms with Gasteiger partial charge in [-0.15, -0.1) is 0 Å². The standard InChI is InChI=1S/C14H15BrN2O4/c1-20-12-7-10(15)6-9(8-16)13(12)21-11-2-4-17(5-3-11)14(18)19/h6-7,11H,2-5H2,1H3,(H,18,19). The van der Waals surface area contributed by atoms with Gasteiger partial charge in [-0.3, -0.25) is 0 Å². The number of halogens is 1. The van der Waals surface area contributed by atoms with Crippen LogP contribution in [0.2, 0.25) is 0 Å². The number of methoxy groups -OCH3 is 1. The third-order valence-electron chi connectivity index (χ3n) is 3.36. The maximum atomic E-state index is 10.9. The average molecular weight is 355 g/mol. The molecule has 0 saturated carbocycles. The molecule has 0 aromatic heterocycles. The van der Waals surface area contributed by atoms with E-state index in [1.54, 1.807) is 12.1 Å². The van der Waals surface area contributed by atoms with E-state index in [2.05, 4.69) is 22.0 Å². The molecule has 0 unspecified atom stereocenters. The maximum absolute atomic E-state index is 10.9. The van der Waals surface area contributed by atoms with Crippen molar-refractivity contribution >= 4 is 22.0 Å². The van der Waals surface area contributed by atoms with Crippen LogP contribution in [0.1, 0.15) is 18.4 Å². The SMILES string of the molecule is COc1cc(Br)cc(C#N)c1OC1CCN(C(=O)O)CC1. The molecule has 0 bridgehead atoms. The highest BCUT2D eigenvalue weighted by atomic mass is 79.9. The first-order valence-corrected chi connectivity index (χ1v) is 7.26. The van der Waals surface area contributed by atoms with Crippen LogP contribution in [0, 0.1) is 11.3 Å². The number of piperidine rings is 1. The largest absolute Gasteiger partial charge is 0.493 e. The van der Waals surface area contributed by atoms with Crippen LogP contribution in [0.4, 0.5) is 4.79 Å². The molecule has 0 aliphatic carbocycles. The monoisotopic (exact) mass is 354 g/mol. The molecule has 1 N–H and O–H groups in total. The average Bonchev–Trinajstić information content (AvgIpc) is 2.48. The Morgan fingerprint density at radius 3 is 2.67 bits per heavy atom. The van der Waals surface area contributed by atoms with Crippen molar-refractivity contribution < 1.29 is 19.4 Å². The van der Waals surface area contributed by atoms with E-state index < -0.39 is 6.09 Å². The maximum Gasteiger partial charge on any atom is 0.407 e. The van der Waals surface area contributed by atoms with Crippen LogP contribution in [-0.4, -0.2) is 42.4 Å². The fourth-order valence-electron chi connectivity index (χ4n) is 2.26. The lowest BCUT2D eigenvalue weighted by molar-refractivity contribution is 0.0876. The second kappa shape index (κ2) is 6.68. The molecule has 7 heteroatoms. The summed E-state index contributed by atoms with van der Waals surface area (Å²) in [4.78, 5) is 12.2. The van der Waals surface area contributed by atoms with Crippen LogP contribution >= 0.6 is 15.9 Å². The molecule has 0 spiro atoms. The van der Waals surface area contributed by atoms with Crippen LogP contribution in [0.25, 0.3) is 0 Å². The number of nitrogens with zero attached hydrogens (tertiary/aromatic N) is 2. The van der Waals surface area contributed by atoms with E-state index in [9.17, 15) is 10.1 Å². The minimum absolute atomic E-state index is 0.122. The van der Waals surface area contributed by atoms with Gasteiger partial charge < -0.3 is 19.5 Å². The lowest BCUT2D eigenvalue weighted by atomic mass is 10.1. The zero-order chi connectivity index (χ0) is 15.4. The summed E-state index contributed by atoms with van der Waals surface area (Å²) in [6.45, 7) is 0.863. The predicted molar refractivity (Wildman–Crippen MR) is 78.7 cm³/mol. The van der Waals surface area contributed by atoms with Gasteiger partial charge in [-0.25, -0.2) is 4.79 Å². The lowest BCUT2D eigenvalue weighted by Gasteiger charge is -2.30. The van der Waals surface area contributed by atoms with Crippen molar-refractivity contribution in [1.82, 2.24) is 4.90 Å². The lowest BCUT2D eigenvalue weighted by Crippen LogP contribution is -2.41. The summed E-state index contributed by atoms with van der Waals surface area (Å²) >= 11 is 3.32. The molecular formula is C14H15BrN2O4. The van der Waals surface area contributed by atoms with Crippen LogP contribution < -0.4 is 9.47 Å². The third-order valence-corrected chi connectivity index (χ3v) is 3.81. The molecule has 1 saturated heterocycles. The smallest absolute Gasteiger partial charge is 0.407 e. The first-order valence-electron chi connectivity index (χ1n) is 6.47. The minimum atomic E-state index is -0.910. The summed E-state index contributed by atoms with van der Waals surface area (Å²) in [5, 5.41) is 18.1. The minimum Gasteiger partial charge on any atom is -0.493 e. The summed E-state index contributed by atoms with van der Waals surface area (Å²) in [5.74, 6) is 0.901. The van der Waals surface area contributed by atoms with Gasteiger partial charge in [0.05, 0.1) is 12.7 Å². The number of ether oxygens (including phenoxy) is 2. The fraction of sp³-hybridized carbons (Fsp3) is 0.429. The molecular weight excluding hydrogens is 340 g/mol. The molecule has 1 aliphatic rings. The second-order valence-electron chi connectivity index (χ2n) is 4.68. The summed E-state index contributed by atoms with van der Waals surface area (Å²) in [5.41, 5.74) is 0.391. The Morgan fingerprint density at radius 1 is 1.48 bits per heavy atom. The molecule has 1 heterocycles. The van der Waals surface area contributed by atoms with Crippen molar-refractivity contribution in [2.24, 2.45) is 0 Å². The Bertz CT molecular complexity index is 577. The number of benzene rings is 1. The topological polar surface area (TPSA) is 82.8 Å². The van der Waals surface area contributed by atoms with E-state index in [0.29, 0.717) is 43.0 Å². The molecule has 1 aliphatic heterocycles. The number of nitriles is 1. The van der Waals surface area contributed by atoms with Gasteiger partial charge >= 0.3 is 6.09 Å². The van der Waals surface area contributed by atoms with Crippen molar-refractivity contribution in [3.63, 3.8) is 0 Å². The highest BCUT2D eigenvalue weighted by molar-refractivity contribution is 9.10. The molecule has 1 aromatic carbocycles. The number of carboxylic acid groups (broad SMARTS) is 1. The Hall–Kier alpha value is -1.94. The number of hydrogen-bond acceptors (Lipinski definition) is 4. The van der Waals surface area contributed by atoms with Gasteiger partial charge in [0.1, 0.15) is 12.2 Å². The first kappa shape index (κ1) is 15.4. The highest BCUT2D eigenvalue weighted by Crippen LogP contribution is 2.36. The third kappa shape index (κ3) is 3.58. The molecule has 2 rings (SSSR count). The van der Waals surface area contributed by atoms with E-state index in [1.165, 1.54) is 12.0 Å². The van der Waals surface area contributed by atoms with E-state index >= 15 is 0 Å². The van der Waals surface area contributed by atoms with E-state index in [4.69, 9.17) is 14.6 Å². The summed E-state index contributed by atoms with van der Waals surface area (Å²) in [7, 11) is 1.52. The zero-order valence-corrected chi connectivity index (χ0v) is 13.1. The van der Waals surface area contributed by atoms with Crippen molar-refractivity contribution in [1.29, 1.82) is 5.26 Å². The Morgan fingerprint density at radius 2 is 2.14 bits per heavy atom. The number of carbonyl (C=O) groups is 1. The van der Waals surface area contributed by atoms with Crippen LogP contribution in [0.15, 0.2) is 16.6 Å². The Kier molecular flexibility index (Phi) is 4.91. The molecule has 112 valence electrons. The summed E-state index contributed by atoms with van der Waals surface area (Å²) in [6, 6.07) is 5.50.